The number of aromatic nitrogens is 1. The Morgan fingerprint density at radius 3 is 2.57 bits per heavy atom. The van der Waals surface area contributed by atoms with Gasteiger partial charge >= 0.3 is 0 Å². The Labute approximate surface area is 129 Å². The summed E-state index contributed by atoms with van der Waals surface area (Å²) in [6.45, 7) is 0. The molecule has 0 unspecified atom stereocenters. The van der Waals surface area contributed by atoms with Crippen molar-refractivity contribution in [2.24, 2.45) is 0 Å². The fourth-order valence-electron chi connectivity index (χ4n) is 1.83. The number of hydrogen-bond acceptors (Lipinski definition) is 5. The predicted molar refractivity (Wildman–Crippen MR) is 86.9 cm³/mol. The SMILES string of the molecule is O=[N+]([O-])C(=CSc1nc2ccccc2s1)c1ccccc1. The van der Waals surface area contributed by atoms with Crippen molar-refractivity contribution >= 4 is 39.0 Å². The zero-order chi connectivity index (χ0) is 14.7. The van der Waals surface area contributed by atoms with Gasteiger partial charge in [-0.25, -0.2) is 4.98 Å². The second-order valence-corrected chi connectivity index (χ2v) is 6.34. The zero-order valence-electron chi connectivity index (χ0n) is 10.8. The van der Waals surface area contributed by atoms with Gasteiger partial charge in [-0.1, -0.05) is 42.1 Å². The molecule has 0 atom stereocenters. The molecule has 0 amide bonds. The number of nitro groups is 1. The molecule has 2 aromatic carbocycles. The highest BCUT2D eigenvalue weighted by molar-refractivity contribution is 8.04. The van der Waals surface area contributed by atoms with E-state index < -0.39 is 0 Å². The fraction of sp³-hybridized carbons (Fsp3) is 0. The van der Waals surface area contributed by atoms with Crippen molar-refractivity contribution in [1.29, 1.82) is 0 Å². The second kappa shape index (κ2) is 6.07. The number of nitrogens with zero attached hydrogens (tertiary/aromatic N) is 2. The van der Waals surface area contributed by atoms with Crippen LogP contribution in [0.1, 0.15) is 5.56 Å². The van der Waals surface area contributed by atoms with Crippen molar-refractivity contribution in [2.75, 3.05) is 0 Å². The van der Waals surface area contributed by atoms with Gasteiger partial charge in [-0.05, 0) is 24.3 Å². The monoisotopic (exact) mass is 314 g/mol. The molecule has 104 valence electrons. The lowest BCUT2D eigenvalue weighted by molar-refractivity contribution is -0.375. The van der Waals surface area contributed by atoms with E-state index in [4.69, 9.17) is 0 Å². The summed E-state index contributed by atoms with van der Waals surface area (Å²) in [5, 5.41) is 12.7. The first-order chi connectivity index (χ1) is 10.2. The van der Waals surface area contributed by atoms with Crippen molar-refractivity contribution in [3.8, 4) is 0 Å². The lowest BCUT2D eigenvalue weighted by Gasteiger charge is -1.97. The van der Waals surface area contributed by atoms with Gasteiger partial charge < -0.3 is 0 Å². The van der Waals surface area contributed by atoms with Crippen LogP contribution in [0.25, 0.3) is 15.9 Å². The number of thioether (sulfide) groups is 1. The van der Waals surface area contributed by atoms with Crippen LogP contribution < -0.4 is 0 Å². The van der Waals surface area contributed by atoms with E-state index >= 15 is 0 Å². The second-order valence-electron chi connectivity index (χ2n) is 4.19. The summed E-state index contributed by atoms with van der Waals surface area (Å²) in [4.78, 5) is 15.3. The molecule has 0 N–H and O–H groups in total. The molecule has 0 saturated heterocycles. The largest absolute Gasteiger partial charge is 0.283 e. The summed E-state index contributed by atoms with van der Waals surface area (Å²) in [7, 11) is 0. The minimum Gasteiger partial charge on any atom is -0.258 e. The van der Waals surface area contributed by atoms with Crippen LogP contribution in [-0.2, 0) is 0 Å². The zero-order valence-corrected chi connectivity index (χ0v) is 12.4. The molecule has 0 bridgehead atoms. The van der Waals surface area contributed by atoms with E-state index in [2.05, 4.69) is 4.98 Å². The Kier molecular flexibility index (Phi) is 3.98. The molecule has 3 aromatic rings. The van der Waals surface area contributed by atoms with Gasteiger partial charge in [-0.15, -0.1) is 11.3 Å². The highest BCUT2D eigenvalue weighted by atomic mass is 32.2. The maximum Gasteiger partial charge on any atom is 0.283 e. The van der Waals surface area contributed by atoms with E-state index in [0.717, 1.165) is 14.6 Å². The average molecular weight is 314 g/mol. The normalized spacial score (nSPS) is 11.7. The molecule has 0 aliphatic carbocycles. The van der Waals surface area contributed by atoms with Crippen LogP contribution in [0.4, 0.5) is 0 Å². The van der Waals surface area contributed by atoms with Gasteiger partial charge in [-0.2, -0.15) is 0 Å². The molecule has 21 heavy (non-hydrogen) atoms. The quantitative estimate of drug-likeness (QED) is 0.399. The van der Waals surface area contributed by atoms with E-state index in [1.807, 2.05) is 30.3 Å². The predicted octanol–water partition coefficient (Wildman–Crippen LogP) is 4.66. The van der Waals surface area contributed by atoms with Gasteiger partial charge in [-0.3, -0.25) is 10.1 Å². The van der Waals surface area contributed by atoms with Crippen LogP contribution in [0.15, 0.2) is 64.3 Å². The first-order valence-electron chi connectivity index (χ1n) is 6.16. The molecule has 6 heteroatoms. The van der Waals surface area contributed by atoms with Gasteiger partial charge in [0.05, 0.1) is 26.1 Å². The summed E-state index contributed by atoms with van der Waals surface area (Å²) < 4.78 is 1.88. The summed E-state index contributed by atoms with van der Waals surface area (Å²) in [6.07, 6.45) is 0. The Bertz CT molecular complexity index is 780. The molecule has 0 aliphatic heterocycles. The molecule has 0 fully saturated rings. The van der Waals surface area contributed by atoms with Crippen LogP contribution in [0.2, 0.25) is 0 Å². The topological polar surface area (TPSA) is 56.0 Å². The molecular formula is C15H10N2O2S2. The Hall–Kier alpha value is -2.18. The van der Waals surface area contributed by atoms with Crippen molar-refractivity contribution in [2.45, 2.75) is 4.34 Å². The molecule has 1 aromatic heterocycles. The number of fused-ring (bicyclic) bond motifs is 1. The molecule has 0 radical (unpaired) electrons. The number of para-hydroxylation sites is 1. The van der Waals surface area contributed by atoms with Crippen molar-refractivity contribution in [3.05, 3.63) is 75.7 Å². The molecule has 0 saturated carbocycles. The van der Waals surface area contributed by atoms with E-state index in [1.165, 1.54) is 23.1 Å². The first kappa shape index (κ1) is 13.8. The Morgan fingerprint density at radius 2 is 1.86 bits per heavy atom. The minimum atomic E-state index is -0.365. The van der Waals surface area contributed by atoms with Gasteiger partial charge in [0.1, 0.15) is 0 Å². The molecular weight excluding hydrogens is 304 g/mol. The van der Waals surface area contributed by atoms with Gasteiger partial charge in [0, 0.05) is 0 Å². The number of benzene rings is 2. The molecule has 4 nitrogen and oxygen atoms in total. The fourth-order valence-corrected chi connectivity index (χ4v) is 3.72. The lowest BCUT2D eigenvalue weighted by atomic mass is 10.2. The molecule has 3 rings (SSSR count). The van der Waals surface area contributed by atoms with Crippen LogP contribution >= 0.6 is 23.1 Å². The first-order valence-corrected chi connectivity index (χ1v) is 7.86. The van der Waals surface area contributed by atoms with Crippen LogP contribution in [0.5, 0.6) is 0 Å². The minimum absolute atomic E-state index is 0.0832. The molecule has 1 heterocycles. The standard InChI is InChI=1S/C15H10N2O2S2/c18-17(19)13(11-6-2-1-3-7-11)10-20-15-16-12-8-4-5-9-14(12)21-15/h1-10H. The van der Waals surface area contributed by atoms with Crippen LogP contribution in [0.3, 0.4) is 0 Å². The number of hydrogen-bond donors (Lipinski definition) is 0. The van der Waals surface area contributed by atoms with Crippen molar-refractivity contribution in [1.82, 2.24) is 4.98 Å². The van der Waals surface area contributed by atoms with E-state index in [-0.39, 0.29) is 10.6 Å². The smallest absolute Gasteiger partial charge is 0.258 e. The third-order valence-electron chi connectivity index (χ3n) is 2.81. The highest BCUT2D eigenvalue weighted by Gasteiger charge is 2.14. The van der Waals surface area contributed by atoms with Crippen LogP contribution in [0, 0.1) is 10.1 Å². The third-order valence-corrected chi connectivity index (χ3v) is 4.82. The average Bonchev–Trinajstić information content (AvgIpc) is 2.91. The summed E-state index contributed by atoms with van der Waals surface area (Å²) in [5.74, 6) is 0. The number of thiazole rings is 1. The summed E-state index contributed by atoms with van der Waals surface area (Å²) in [5.41, 5.74) is 1.59. The van der Waals surface area contributed by atoms with Crippen LogP contribution in [-0.4, -0.2) is 9.91 Å². The van der Waals surface area contributed by atoms with Crippen molar-refractivity contribution in [3.63, 3.8) is 0 Å². The third kappa shape index (κ3) is 3.12. The maximum absolute atomic E-state index is 11.2. The Morgan fingerprint density at radius 1 is 1.14 bits per heavy atom. The summed E-state index contributed by atoms with van der Waals surface area (Å²) in [6, 6.07) is 16.7. The van der Waals surface area contributed by atoms with E-state index in [9.17, 15) is 10.1 Å². The lowest BCUT2D eigenvalue weighted by Crippen LogP contribution is -1.96. The van der Waals surface area contributed by atoms with Gasteiger partial charge in [0.15, 0.2) is 4.34 Å². The van der Waals surface area contributed by atoms with Gasteiger partial charge in [0.2, 0.25) is 0 Å². The highest BCUT2D eigenvalue weighted by Crippen LogP contribution is 2.32. The molecule has 0 spiro atoms. The van der Waals surface area contributed by atoms with E-state index in [0.29, 0.717) is 5.56 Å². The number of rotatable bonds is 4. The maximum atomic E-state index is 11.2. The van der Waals surface area contributed by atoms with E-state index in [1.54, 1.807) is 29.7 Å². The summed E-state index contributed by atoms with van der Waals surface area (Å²) >= 11 is 2.81. The molecule has 0 aliphatic rings. The van der Waals surface area contributed by atoms with Gasteiger partial charge in [0.25, 0.3) is 5.70 Å². The van der Waals surface area contributed by atoms with Crippen molar-refractivity contribution < 1.29 is 4.92 Å². The Balaban J connectivity index is 1.90.